The van der Waals surface area contributed by atoms with Gasteiger partial charge in [0, 0.05) is 5.18 Å². The van der Waals surface area contributed by atoms with Crippen molar-refractivity contribution in [1.29, 1.82) is 0 Å². The fraction of sp³-hybridized carbons (Fsp3) is 0.300. The summed E-state index contributed by atoms with van der Waals surface area (Å²) < 4.78 is 5.15. The van der Waals surface area contributed by atoms with Gasteiger partial charge in [-0.15, -0.1) is 4.91 Å². The molecule has 0 spiro atoms. The van der Waals surface area contributed by atoms with Crippen LogP contribution >= 0.6 is 0 Å². The Morgan fingerprint density at radius 2 is 2.29 bits per heavy atom. The van der Waals surface area contributed by atoms with E-state index in [2.05, 4.69) is 5.18 Å². The van der Waals surface area contributed by atoms with Gasteiger partial charge in [0.05, 0.1) is 12.2 Å². The summed E-state index contributed by atoms with van der Waals surface area (Å²) in [6, 6.07) is 3.26. The molecule has 0 saturated carbocycles. The van der Waals surface area contributed by atoms with Gasteiger partial charge < -0.3 is 14.8 Å². The molecule has 2 rings (SSSR count). The molecule has 7 heteroatoms. The van der Waals surface area contributed by atoms with Crippen LogP contribution in [0.25, 0.3) is 0 Å². The third kappa shape index (κ3) is 2.06. The number of rotatable bonds is 2. The first-order chi connectivity index (χ1) is 8.17. The van der Waals surface area contributed by atoms with Gasteiger partial charge in [-0.2, -0.15) is 0 Å². The predicted molar refractivity (Wildman–Crippen MR) is 59.6 cm³/mol. The summed E-state index contributed by atoms with van der Waals surface area (Å²) in [5, 5.41) is 20.8. The number of carbonyl (C=O) groups excluding carboxylic acids is 1. The van der Waals surface area contributed by atoms with Crippen LogP contribution in [0.1, 0.15) is 21.5 Å². The van der Waals surface area contributed by atoms with Gasteiger partial charge in [0.2, 0.25) is 0 Å². The number of aliphatic hydroxyl groups is 1. The molecular weight excluding hydrogens is 225 g/mol. The van der Waals surface area contributed by atoms with Crippen molar-refractivity contribution in [3.05, 3.63) is 33.7 Å². The number of fused-ring (bicyclic) bond motifs is 1. The first kappa shape index (κ1) is 11.8. The Bertz CT molecular complexity index is 476. The highest BCUT2D eigenvalue weighted by Gasteiger charge is 2.29. The molecule has 6 nitrogen and oxygen atoms in total. The normalized spacial score (nSPS) is 13.9. The van der Waals surface area contributed by atoms with Crippen LogP contribution in [0.15, 0.2) is 17.3 Å². The molecule has 1 aliphatic heterocycles. The number of benzene rings is 1. The summed E-state index contributed by atoms with van der Waals surface area (Å²) in [6.07, 6.45) is 0.967. The largest absolute Gasteiger partial charge is 0.535 e. The van der Waals surface area contributed by atoms with Crippen LogP contribution in [-0.4, -0.2) is 23.2 Å². The molecular formula is C10H10BNO5. The number of amides is 1. The van der Waals surface area contributed by atoms with E-state index in [1.54, 1.807) is 12.1 Å². The number of hydrogen-bond donors (Lipinski definition) is 2. The van der Waals surface area contributed by atoms with Gasteiger partial charge in [-0.3, -0.25) is 4.79 Å². The van der Waals surface area contributed by atoms with E-state index < -0.39 is 19.6 Å². The number of nitrogens with zero attached hydrogens (tertiary/aromatic N) is 1. The van der Waals surface area contributed by atoms with Crippen molar-refractivity contribution in [1.82, 2.24) is 0 Å². The minimum Gasteiger partial charge on any atom is -0.535 e. The second kappa shape index (κ2) is 4.64. The first-order valence-corrected chi connectivity index (χ1v) is 5.15. The molecule has 0 aromatic heterocycles. The summed E-state index contributed by atoms with van der Waals surface area (Å²) in [6.45, 7) is -0.399. The lowest BCUT2D eigenvalue weighted by Crippen LogP contribution is -2.28. The maximum atomic E-state index is 11.4. The third-order valence-electron chi connectivity index (χ3n) is 2.71. The van der Waals surface area contributed by atoms with E-state index >= 15 is 0 Å². The summed E-state index contributed by atoms with van der Waals surface area (Å²) >= 11 is 0. The topological polar surface area (TPSA) is 96.2 Å². The lowest BCUT2D eigenvalue weighted by molar-refractivity contribution is 0.0995. The minimum atomic E-state index is -1.00. The van der Waals surface area contributed by atoms with E-state index in [-0.39, 0.29) is 16.9 Å². The zero-order valence-electron chi connectivity index (χ0n) is 8.92. The van der Waals surface area contributed by atoms with Crippen molar-refractivity contribution in [2.75, 3.05) is 0 Å². The molecule has 1 aliphatic rings. The standard InChI is InChI=1S/C10H10BNO5/c13-5-7-2-1-6-3-4-11(15)17-9(6)8(7)10(14)12-16/h1-2,13,15H,3-5H2. The Morgan fingerprint density at radius 1 is 1.53 bits per heavy atom. The van der Waals surface area contributed by atoms with E-state index in [9.17, 15) is 14.7 Å². The second-order valence-corrected chi connectivity index (χ2v) is 3.75. The van der Waals surface area contributed by atoms with Crippen molar-refractivity contribution in [3.8, 4) is 5.75 Å². The lowest BCUT2D eigenvalue weighted by atomic mass is 9.78. The number of nitroso groups, excluding NO2 is 1. The summed E-state index contributed by atoms with van der Waals surface area (Å²) in [7, 11) is -1.00. The van der Waals surface area contributed by atoms with E-state index in [0.29, 0.717) is 12.7 Å². The molecule has 1 heterocycles. The van der Waals surface area contributed by atoms with Crippen LogP contribution < -0.4 is 4.65 Å². The molecule has 2 N–H and O–H groups in total. The Labute approximate surface area is 97.3 Å². The van der Waals surface area contributed by atoms with Gasteiger partial charge in [-0.1, -0.05) is 12.1 Å². The number of hydrogen-bond acceptors (Lipinski definition) is 5. The maximum Gasteiger partial charge on any atom is 0.522 e. The monoisotopic (exact) mass is 235 g/mol. The average Bonchev–Trinajstić information content (AvgIpc) is 2.36. The van der Waals surface area contributed by atoms with Crippen molar-refractivity contribution >= 4 is 13.0 Å². The number of aliphatic hydroxyl groups excluding tert-OH is 1. The fourth-order valence-corrected chi connectivity index (χ4v) is 1.88. The molecule has 88 valence electrons. The van der Waals surface area contributed by atoms with Crippen molar-refractivity contribution in [3.63, 3.8) is 0 Å². The molecule has 0 fully saturated rings. The third-order valence-corrected chi connectivity index (χ3v) is 2.71. The molecule has 0 bridgehead atoms. The smallest absolute Gasteiger partial charge is 0.522 e. The first-order valence-electron chi connectivity index (χ1n) is 5.15. The van der Waals surface area contributed by atoms with Gasteiger partial charge >= 0.3 is 13.0 Å². The van der Waals surface area contributed by atoms with Crippen LogP contribution in [0.3, 0.4) is 0 Å². The quantitative estimate of drug-likeness (QED) is 0.574. The highest BCUT2D eigenvalue weighted by Crippen LogP contribution is 2.33. The molecule has 17 heavy (non-hydrogen) atoms. The van der Waals surface area contributed by atoms with Gasteiger partial charge in [-0.25, -0.2) is 0 Å². The summed E-state index contributed by atoms with van der Waals surface area (Å²) in [5.74, 6) is -0.847. The zero-order valence-corrected chi connectivity index (χ0v) is 8.92. The van der Waals surface area contributed by atoms with E-state index in [1.807, 2.05) is 0 Å². The van der Waals surface area contributed by atoms with Crippen molar-refractivity contribution in [2.45, 2.75) is 19.3 Å². The molecule has 0 aliphatic carbocycles. The van der Waals surface area contributed by atoms with Crippen LogP contribution in [0.5, 0.6) is 5.75 Å². The van der Waals surface area contributed by atoms with E-state index in [4.69, 9.17) is 9.76 Å². The number of aryl methyl sites for hydroxylation is 1. The van der Waals surface area contributed by atoms with Crippen LogP contribution in [0.4, 0.5) is 0 Å². The molecule has 1 amide bonds. The van der Waals surface area contributed by atoms with Crippen molar-refractivity contribution < 1.29 is 19.6 Å². The average molecular weight is 235 g/mol. The van der Waals surface area contributed by atoms with Gasteiger partial charge in [-0.05, 0) is 23.9 Å². The van der Waals surface area contributed by atoms with E-state index in [0.717, 1.165) is 5.56 Å². The Hall–Kier alpha value is -1.73. The van der Waals surface area contributed by atoms with Crippen molar-refractivity contribution in [2.24, 2.45) is 5.18 Å². The summed E-state index contributed by atoms with van der Waals surface area (Å²) in [4.78, 5) is 21.8. The van der Waals surface area contributed by atoms with Gasteiger partial charge in [0.15, 0.2) is 0 Å². The van der Waals surface area contributed by atoms with Crippen LogP contribution in [0, 0.1) is 4.91 Å². The SMILES string of the molecule is O=NC(=O)c1c(CO)ccc2c1OB(O)CC2. The molecule has 1 aromatic carbocycles. The zero-order chi connectivity index (χ0) is 12.4. The molecule has 0 saturated heterocycles. The van der Waals surface area contributed by atoms with E-state index in [1.165, 1.54) is 0 Å². The molecule has 0 unspecified atom stereocenters. The molecule has 0 radical (unpaired) electrons. The highest BCUT2D eigenvalue weighted by molar-refractivity contribution is 6.44. The van der Waals surface area contributed by atoms with Gasteiger partial charge in [0.25, 0.3) is 0 Å². The van der Waals surface area contributed by atoms with Crippen LogP contribution in [-0.2, 0) is 13.0 Å². The predicted octanol–water partition coefficient (Wildman–Crippen LogP) is 0.501. The lowest BCUT2D eigenvalue weighted by Gasteiger charge is -2.22. The molecule has 0 atom stereocenters. The molecule has 1 aromatic rings. The van der Waals surface area contributed by atoms with Gasteiger partial charge in [0.1, 0.15) is 5.75 Å². The van der Waals surface area contributed by atoms with Crippen LogP contribution in [0.2, 0.25) is 6.32 Å². The second-order valence-electron chi connectivity index (χ2n) is 3.75. The Morgan fingerprint density at radius 3 is 2.94 bits per heavy atom. The number of carbonyl (C=O) groups is 1. The fourth-order valence-electron chi connectivity index (χ4n) is 1.88. The highest BCUT2D eigenvalue weighted by atomic mass is 16.5. The Kier molecular flexibility index (Phi) is 3.21. The maximum absolute atomic E-state index is 11.4. The summed E-state index contributed by atoms with van der Waals surface area (Å²) in [5.41, 5.74) is 0.931. The Balaban J connectivity index is 2.59. The minimum absolute atomic E-state index is 0.0567.